The van der Waals surface area contributed by atoms with Crippen LogP contribution in [-0.2, 0) is 18.1 Å². The fourth-order valence-corrected chi connectivity index (χ4v) is 1.76. The smallest absolute Gasteiger partial charge is 0.218 e. The summed E-state index contributed by atoms with van der Waals surface area (Å²) in [7, 11) is 0. The molecule has 0 aliphatic rings. The molecular formula is C12H14N2O2. The molecule has 1 heterocycles. The summed E-state index contributed by atoms with van der Waals surface area (Å²) in [6.07, 6.45) is 1.90. The number of rotatable bonds is 3. The Hall–Kier alpha value is -1.81. The molecule has 0 aliphatic carbocycles. The zero-order chi connectivity index (χ0) is 11.5. The van der Waals surface area contributed by atoms with E-state index in [1.54, 1.807) is 0 Å². The highest BCUT2D eigenvalue weighted by atomic mass is 16.3. The minimum Gasteiger partial charge on any atom is -0.392 e. The topological polar surface area (TPSA) is 54.3 Å². The van der Waals surface area contributed by atoms with Gasteiger partial charge in [-0.1, -0.05) is 12.1 Å². The molecular weight excluding hydrogens is 204 g/mol. The average Bonchev–Trinajstić information content (AvgIpc) is 2.69. The van der Waals surface area contributed by atoms with Crippen molar-refractivity contribution in [3.05, 3.63) is 36.0 Å². The predicted octanol–water partition coefficient (Wildman–Crippen LogP) is 1.23. The van der Waals surface area contributed by atoms with Crippen LogP contribution in [-0.4, -0.2) is 15.6 Å². The molecule has 0 atom stereocenters. The van der Waals surface area contributed by atoms with Gasteiger partial charge in [0.2, 0.25) is 5.91 Å². The third-order valence-electron chi connectivity index (χ3n) is 2.57. The Kier molecular flexibility index (Phi) is 2.92. The molecule has 0 spiro atoms. The molecule has 4 heteroatoms. The Morgan fingerprint density at radius 2 is 2.25 bits per heavy atom. The maximum atomic E-state index is 10.8. The number of benzene rings is 1. The van der Waals surface area contributed by atoms with Gasteiger partial charge in [0.15, 0.2) is 0 Å². The van der Waals surface area contributed by atoms with E-state index in [2.05, 4.69) is 5.32 Å². The summed E-state index contributed by atoms with van der Waals surface area (Å²) in [5, 5.41) is 12.9. The van der Waals surface area contributed by atoms with Gasteiger partial charge in [0, 0.05) is 24.0 Å². The molecule has 0 saturated carbocycles. The van der Waals surface area contributed by atoms with Crippen molar-refractivity contribution < 1.29 is 9.90 Å². The highest BCUT2D eigenvalue weighted by Crippen LogP contribution is 2.19. The minimum absolute atomic E-state index is 0.0293. The summed E-state index contributed by atoms with van der Waals surface area (Å²) >= 11 is 0. The molecule has 1 aromatic heterocycles. The molecule has 2 aromatic rings. The van der Waals surface area contributed by atoms with Crippen molar-refractivity contribution in [1.29, 1.82) is 0 Å². The van der Waals surface area contributed by atoms with Gasteiger partial charge in [0.1, 0.15) is 0 Å². The summed E-state index contributed by atoms with van der Waals surface area (Å²) in [5.74, 6) is -0.0554. The van der Waals surface area contributed by atoms with Crippen LogP contribution in [0.5, 0.6) is 0 Å². The zero-order valence-electron chi connectivity index (χ0n) is 9.10. The molecule has 84 valence electrons. The van der Waals surface area contributed by atoms with Gasteiger partial charge in [-0.3, -0.25) is 4.79 Å². The number of fused-ring (bicyclic) bond motifs is 1. The Labute approximate surface area is 93.5 Å². The summed E-state index contributed by atoms with van der Waals surface area (Å²) in [4.78, 5) is 10.8. The quantitative estimate of drug-likeness (QED) is 0.814. The average molecular weight is 218 g/mol. The zero-order valence-corrected chi connectivity index (χ0v) is 9.10. The first-order chi connectivity index (χ1) is 7.72. The Morgan fingerprint density at radius 1 is 1.44 bits per heavy atom. The summed E-state index contributed by atoms with van der Waals surface area (Å²) in [5.41, 5.74) is 1.92. The number of aliphatic hydroxyl groups is 1. The number of carbonyl (C=O) groups is 1. The summed E-state index contributed by atoms with van der Waals surface area (Å²) in [6, 6.07) is 7.71. The third-order valence-corrected chi connectivity index (χ3v) is 2.57. The van der Waals surface area contributed by atoms with E-state index in [0.717, 1.165) is 16.5 Å². The first kappa shape index (κ1) is 10.7. The lowest BCUT2D eigenvalue weighted by atomic mass is 10.1. The third kappa shape index (κ3) is 1.92. The molecule has 0 unspecified atom stereocenters. The largest absolute Gasteiger partial charge is 0.392 e. The second kappa shape index (κ2) is 4.37. The molecule has 2 rings (SSSR count). The van der Waals surface area contributed by atoms with E-state index < -0.39 is 0 Å². The highest BCUT2D eigenvalue weighted by molar-refractivity contribution is 5.83. The van der Waals surface area contributed by atoms with Crippen LogP contribution in [0, 0.1) is 0 Å². The van der Waals surface area contributed by atoms with Crippen LogP contribution in [0.15, 0.2) is 30.5 Å². The fourth-order valence-electron chi connectivity index (χ4n) is 1.76. The Morgan fingerprint density at radius 3 is 2.94 bits per heavy atom. The van der Waals surface area contributed by atoms with Gasteiger partial charge in [0.05, 0.1) is 13.3 Å². The first-order valence-electron chi connectivity index (χ1n) is 5.14. The lowest BCUT2D eigenvalue weighted by Gasteiger charge is -2.06. The van der Waals surface area contributed by atoms with Gasteiger partial charge in [0.25, 0.3) is 0 Å². The van der Waals surface area contributed by atoms with Crippen LogP contribution in [0.2, 0.25) is 0 Å². The van der Waals surface area contributed by atoms with Crippen LogP contribution in [0.25, 0.3) is 10.9 Å². The predicted molar refractivity (Wildman–Crippen MR) is 61.7 cm³/mol. The minimum atomic E-state index is -0.0554. The van der Waals surface area contributed by atoms with Gasteiger partial charge >= 0.3 is 0 Å². The molecule has 1 aromatic carbocycles. The maximum Gasteiger partial charge on any atom is 0.218 e. The fraction of sp³-hybridized carbons (Fsp3) is 0.250. The van der Waals surface area contributed by atoms with Crippen molar-refractivity contribution in [2.75, 3.05) is 0 Å². The van der Waals surface area contributed by atoms with Crippen molar-refractivity contribution >= 4 is 16.8 Å². The van der Waals surface area contributed by atoms with Crippen LogP contribution in [0.1, 0.15) is 12.5 Å². The van der Waals surface area contributed by atoms with E-state index in [4.69, 9.17) is 0 Å². The van der Waals surface area contributed by atoms with E-state index in [0.29, 0.717) is 6.67 Å². The Balaban J connectivity index is 2.37. The van der Waals surface area contributed by atoms with Crippen molar-refractivity contribution in [1.82, 2.24) is 9.88 Å². The number of amides is 1. The normalized spacial score (nSPS) is 10.6. The summed E-state index contributed by atoms with van der Waals surface area (Å²) < 4.78 is 1.94. The van der Waals surface area contributed by atoms with Crippen molar-refractivity contribution in [3.8, 4) is 0 Å². The molecule has 2 N–H and O–H groups in total. The van der Waals surface area contributed by atoms with Crippen molar-refractivity contribution in [2.24, 2.45) is 0 Å². The van der Waals surface area contributed by atoms with Gasteiger partial charge in [-0.15, -0.1) is 0 Å². The molecule has 1 amide bonds. The molecule has 0 saturated heterocycles. The lowest BCUT2D eigenvalue weighted by molar-refractivity contribution is -0.119. The SMILES string of the molecule is CC(=O)NCn1ccc2c(CO)cccc21. The monoisotopic (exact) mass is 218 g/mol. The molecule has 0 aliphatic heterocycles. The van der Waals surface area contributed by atoms with Crippen LogP contribution in [0.3, 0.4) is 0 Å². The van der Waals surface area contributed by atoms with Crippen LogP contribution >= 0.6 is 0 Å². The molecule has 16 heavy (non-hydrogen) atoms. The second-order valence-corrected chi connectivity index (χ2v) is 3.68. The van der Waals surface area contributed by atoms with Crippen molar-refractivity contribution in [2.45, 2.75) is 20.2 Å². The second-order valence-electron chi connectivity index (χ2n) is 3.68. The first-order valence-corrected chi connectivity index (χ1v) is 5.14. The van der Waals surface area contributed by atoms with E-state index in [1.807, 2.05) is 35.0 Å². The molecule has 0 bridgehead atoms. The number of carbonyl (C=O) groups excluding carboxylic acids is 1. The van der Waals surface area contributed by atoms with E-state index >= 15 is 0 Å². The standard InChI is InChI=1S/C12H14N2O2/c1-9(16)13-8-14-6-5-11-10(7-15)3-2-4-12(11)14/h2-6,15H,7-8H2,1H3,(H,13,16). The van der Waals surface area contributed by atoms with Gasteiger partial charge in [-0.2, -0.15) is 0 Å². The number of hydrogen-bond acceptors (Lipinski definition) is 2. The van der Waals surface area contributed by atoms with E-state index in [9.17, 15) is 9.90 Å². The number of nitrogens with one attached hydrogen (secondary N) is 1. The number of hydrogen-bond donors (Lipinski definition) is 2. The van der Waals surface area contributed by atoms with Crippen LogP contribution < -0.4 is 5.32 Å². The number of aliphatic hydroxyl groups excluding tert-OH is 1. The molecule has 4 nitrogen and oxygen atoms in total. The summed E-state index contributed by atoms with van der Waals surface area (Å²) in [6.45, 7) is 1.97. The molecule has 0 radical (unpaired) electrons. The number of nitrogens with zero attached hydrogens (tertiary/aromatic N) is 1. The lowest BCUT2D eigenvalue weighted by Crippen LogP contribution is -2.22. The van der Waals surface area contributed by atoms with Crippen LogP contribution in [0.4, 0.5) is 0 Å². The van der Waals surface area contributed by atoms with Gasteiger partial charge in [-0.25, -0.2) is 0 Å². The van der Waals surface area contributed by atoms with E-state index in [1.165, 1.54) is 6.92 Å². The van der Waals surface area contributed by atoms with Gasteiger partial charge < -0.3 is 15.0 Å². The van der Waals surface area contributed by atoms with E-state index in [-0.39, 0.29) is 12.5 Å². The highest BCUT2D eigenvalue weighted by Gasteiger charge is 2.04. The maximum absolute atomic E-state index is 10.8. The van der Waals surface area contributed by atoms with Crippen molar-refractivity contribution in [3.63, 3.8) is 0 Å². The van der Waals surface area contributed by atoms with Gasteiger partial charge in [-0.05, 0) is 17.7 Å². The molecule has 0 fully saturated rings. The Bertz CT molecular complexity index is 517. The number of aromatic nitrogens is 1.